The zero-order valence-electron chi connectivity index (χ0n) is 7.10. The molecule has 3 heteroatoms. The number of nitrogens with two attached hydrogens (primary N) is 1. The van der Waals surface area contributed by atoms with E-state index in [1.54, 1.807) is 0 Å². The maximum Gasteiger partial charge on any atom is 0.118 e. The van der Waals surface area contributed by atoms with Gasteiger partial charge in [0.25, 0.3) is 0 Å². The van der Waals surface area contributed by atoms with Gasteiger partial charge < -0.3 is 5.73 Å². The number of halogens is 1. The van der Waals surface area contributed by atoms with Crippen LogP contribution in [0.25, 0.3) is 0 Å². The molecule has 64 valence electrons. The Bertz CT molecular complexity index is 161. The molecule has 0 rings (SSSR count). The monoisotopic (exact) mass is 158 g/mol. The Morgan fingerprint density at radius 2 is 2.18 bits per heavy atom. The minimum absolute atomic E-state index is 0.205. The molecule has 0 bridgehead atoms. The third-order valence-corrected chi connectivity index (χ3v) is 1.22. The predicted octanol–water partition coefficient (Wildman–Crippen LogP) is 2.36. The van der Waals surface area contributed by atoms with E-state index in [1.165, 1.54) is 6.20 Å². The Morgan fingerprint density at radius 3 is 2.64 bits per heavy atom. The van der Waals surface area contributed by atoms with E-state index in [1.807, 2.05) is 13.8 Å². The van der Waals surface area contributed by atoms with E-state index in [-0.39, 0.29) is 5.83 Å². The van der Waals surface area contributed by atoms with Gasteiger partial charge in [0.05, 0.1) is 12.0 Å². The zero-order valence-corrected chi connectivity index (χ0v) is 7.10. The van der Waals surface area contributed by atoms with Crippen molar-refractivity contribution >= 4 is 5.84 Å². The molecular weight excluding hydrogens is 143 g/mol. The summed E-state index contributed by atoms with van der Waals surface area (Å²) in [6, 6.07) is 0. The molecule has 0 aromatic carbocycles. The van der Waals surface area contributed by atoms with Crippen molar-refractivity contribution in [3.8, 4) is 0 Å². The molecule has 0 heterocycles. The highest BCUT2D eigenvalue weighted by atomic mass is 19.1. The van der Waals surface area contributed by atoms with Crippen molar-refractivity contribution in [3.63, 3.8) is 0 Å². The Labute approximate surface area is 67.0 Å². The van der Waals surface area contributed by atoms with Crippen molar-refractivity contribution in [1.82, 2.24) is 0 Å². The molecule has 0 aromatic rings. The third kappa shape index (κ3) is 5.58. The molecule has 11 heavy (non-hydrogen) atoms. The summed E-state index contributed by atoms with van der Waals surface area (Å²) in [5.41, 5.74) is 5.36. The highest BCUT2D eigenvalue weighted by Crippen LogP contribution is 2.05. The van der Waals surface area contributed by atoms with Crippen LogP contribution in [0.3, 0.4) is 0 Å². The van der Waals surface area contributed by atoms with Crippen LogP contribution in [-0.4, -0.2) is 5.84 Å². The Kier molecular flexibility index (Phi) is 5.43. The highest BCUT2D eigenvalue weighted by molar-refractivity contribution is 5.80. The van der Waals surface area contributed by atoms with Crippen molar-refractivity contribution in [2.45, 2.75) is 33.1 Å². The molecule has 0 aromatic heterocycles. The average Bonchev–Trinajstić information content (AvgIpc) is 2.01. The molecule has 0 saturated carbocycles. The van der Waals surface area contributed by atoms with Crippen LogP contribution in [0.2, 0.25) is 0 Å². The third-order valence-electron chi connectivity index (χ3n) is 1.22. The minimum Gasteiger partial charge on any atom is -0.387 e. The highest BCUT2D eigenvalue weighted by Gasteiger charge is 1.90. The van der Waals surface area contributed by atoms with Crippen LogP contribution >= 0.6 is 0 Å². The standard InChI is InChI=1S/C8H15FN2/c1-3-5-7(9)6-11-8(10)4-2/h6H,3-5H2,1-2H3,(H2,10,11)/b7-6+. The maximum absolute atomic E-state index is 12.6. The fraction of sp³-hybridized carbons (Fsp3) is 0.625. The normalized spacial score (nSPS) is 13.7. The summed E-state index contributed by atoms with van der Waals surface area (Å²) in [5.74, 6) is 0.264. The molecule has 2 N–H and O–H groups in total. The second-order valence-electron chi connectivity index (χ2n) is 2.30. The summed E-state index contributed by atoms with van der Waals surface area (Å²) < 4.78 is 12.6. The first-order chi connectivity index (χ1) is 5.20. The van der Waals surface area contributed by atoms with Gasteiger partial charge >= 0.3 is 0 Å². The number of allylic oxidation sites excluding steroid dienone is 1. The number of nitrogens with zero attached hydrogens (tertiary/aromatic N) is 1. The lowest BCUT2D eigenvalue weighted by molar-refractivity contribution is 0.581. The zero-order chi connectivity index (χ0) is 8.69. The lowest BCUT2D eigenvalue weighted by Crippen LogP contribution is -2.08. The smallest absolute Gasteiger partial charge is 0.118 e. The first-order valence-electron chi connectivity index (χ1n) is 3.87. The van der Waals surface area contributed by atoms with Gasteiger partial charge in [0.15, 0.2) is 0 Å². The minimum atomic E-state index is -0.205. The summed E-state index contributed by atoms with van der Waals surface area (Å²) in [5, 5.41) is 0. The van der Waals surface area contributed by atoms with Crippen LogP contribution in [0, 0.1) is 0 Å². The largest absolute Gasteiger partial charge is 0.387 e. The Balaban J connectivity index is 3.89. The van der Waals surface area contributed by atoms with Crippen LogP contribution in [0.15, 0.2) is 17.0 Å². The second-order valence-corrected chi connectivity index (χ2v) is 2.30. The summed E-state index contributed by atoms with van der Waals surface area (Å²) >= 11 is 0. The van der Waals surface area contributed by atoms with Crippen LogP contribution in [0.4, 0.5) is 4.39 Å². The molecule has 0 radical (unpaired) electrons. The van der Waals surface area contributed by atoms with Crippen molar-refractivity contribution in [1.29, 1.82) is 0 Å². The molecule has 0 aliphatic rings. The van der Waals surface area contributed by atoms with Gasteiger partial charge in [0.2, 0.25) is 0 Å². The molecule has 0 saturated heterocycles. The maximum atomic E-state index is 12.6. The Morgan fingerprint density at radius 1 is 1.55 bits per heavy atom. The van der Waals surface area contributed by atoms with Crippen molar-refractivity contribution in [2.75, 3.05) is 0 Å². The van der Waals surface area contributed by atoms with Crippen molar-refractivity contribution in [3.05, 3.63) is 12.0 Å². The van der Waals surface area contributed by atoms with E-state index in [0.29, 0.717) is 18.7 Å². The number of aliphatic imine (C=N–C) groups is 1. The Hall–Kier alpha value is -0.860. The lowest BCUT2D eigenvalue weighted by atomic mass is 10.3. The van der Waals surface area contributed by atoms with Crippen LogP contribution in [-0.2, 0) is 0 Å². The van der Waals surface area contributed by atoms with Crippen molar-refractivity contribution < 1.29 is 4.39 Å². The number of hydrogen-bond acceptors (Lipinski definition) is 1. The first-order valence-corrected chi connectivity index (χ1v) is 3.87. The number of hydrogen-bond donors (Lipinski definition) is 1. The predicted molar refractivity (Wildman–Crippen MR) is 46.0 cm³/mol. The van der Waals surface area contributed by atoms with Crippen LogP contribution < -0.4 is 5.73 Å². The topological polar surface area (TPSA) is 38.4 Å². The summed E-state index contributed by atoms with van der Waals surface area (Å²) in [6.07, 6.45) is 3.10. The van der Waals surface area contributed by atoms with E-state index >= 15 is 0 Å². The number of rotatable bonds is 4. The molecule has 0 aliphatic heterocycles. The first kappa shape index (κ1) is 10.1. The van der Waals surface area contributed by atoms with Crippen LogP contribution in [0.5, 0.6) is 0 Å². The fourth-order valence-corrected chi connectivity index (χ4v) is 0.548. The van der Waals surface area contributed by atoms with Gasteiger partial charge in [-0.2, -0.15) is 0 Å². The van der Waals surface area contributed by atoms with Gasteiger partial charge in [-0.15, -0.1) is 0 Å². The summed E-state index contributed by atoms with van der Waals surface area (Å²) in [4.78, 5) is 3.72. The summed E-state index contributed by atoms with van der Waals surface area (Å²) in [7, 11) is 0. The fourth-order valence-electron chi connectivity index (χ4n) is 0.548. The molecule has 0 unspecified atom stereocenters. The van der Waals surface area contributed by atoms with Gasteiger partial charge in [-0.3, -0.25) is 0 Å². The van der Waals surface area contributed by atoms with Gasteiger partial charge in [0.1, 0.15) is 5.83 Å². The molecule has 0 amide bonds. The van der Waals surface area contributed by atoms with E-state index < -0.39 is 0 Å². The lowest BCUT2D eigenvalue weighted by Gasteiger charge is -1.91. The molecule has 0 atom stereocenters. The molecule has 0 fully saturated rings. The SMILES string of the molecule is CCC/C(F)=C\N=C(N)CC. The molecule has 0 aliphatic carbocycles. The van der Waals surface area contributed by atoms with Crippen molar-refractivity contribution in [2.24, 2.45) is 10.7 Å². The van der Waals surface area contributed by atoms with E-state index in [0.717, 1.165) is 6.42 Å². The van der Waals surface area contributed by atoms with E-state index in [4.69, 9.17) is 5.73 Å². The van der Waals surface area contributed by atoms with Gasteiger partial charge in [0, 0.05) is 12.8 Å². The number of amidine groups is 1. The molecule has 2 nitrogen and oxygen atoms in total. The van der Waals surface area contributed by atoms with Crippen LogP contribution in [0.1, 0.15) is 33.1 Å². The van der Waals surface area contributed by atoms with Gasteiger partial charge in [-0.1, -0.05) is 13.8 Å². The second kappa shape index (κ2) is 5.89. The van der Waals surface area contributed by atoms with E-state index in [9.17, 15) is 4.39 Å². The summed E-state index contributed by atoms with van der Waals surface area (Å²) in [6.45, 7) is 3.80. The van der Waals surface area contributed by atoms with E-state index in [2.05, 4.69) is 4.99 Å². The van der Waals surface area contributed by atoms with Gasteiger partial charge in [-0.05, 0) is 6.42 Å². The van der Waals surface area contributed by atoms with Gasteiger partial charge in [-0.25, -0.2) is 9.38 Å². The molecular formula is C8H15FN2. The molecule has 0 spiro atoms. The average molecular weight is 158 g/mol. The quantitative estimate of drug-likeness (QED) is 0.495.